The Hall–Kier alpha value is -3.18. The van der Waals surface area contributed by atoms with Crippen molar-refractivity contribution in [3.05, 3.63) is 119 Å². The Bertz CT molecular complexity index is 947. The summed E-state index contributed by atoms with van der Waals surface area (Å²) in [7, 11) is 0. The zero-order valence-corrected chi connectivity index (χ0v) is 16.3. The van der Waals surface area contributed by atoms with Gasteiger partial charge in [-0.1, -0.05) is 91.0 Å². The van der Waals surface area contributed by atoms with E-state index < -0.39 is 0 Å². The van der Waals surface area contributed by atoms with Gasteiger partial charge in [-0.3, -0.25) is 0 Å². The SMILES string of the molecule is Cc1nnnn1C=CSC(c1ccccc1)(c1ccccc1)c1ccccc1. The maximum Gasteiger partial charge on any atom is 0.152 e. The van der Waals surface area contributed by atoms with Gasteiger partial charge in [0.15, 0.2) is 5.82 Å². The smallest absolute Gasteiger partial charge is 0.152 e. The summed E-state index contributed by atoms with van der Waals surface area (Å²) in [6.07, 6.45) is 1.91. The molecule has 138 valence electrons. The maximum absolute atomic E-state index is 4.01. The van der Waals surface area contributed by atoms with Crippen molar-refractivity contribution in [2.45, 2.75) is 11.7 Å². The molecule has 0 aliphatic rings. The molecule has 3 aromatic carbocycles. The zero-order valence-electron chi connectivity index (χ0n) is 15.5. The Labute approximate surface area is 168 Å². The fraction of sp³-hybridized carbons (Fsp3) is 0.0870. The van der Waals surface area contributed by atoms with Crippen LogP contribution in [0.3, 0.4) is 0 Å². The van der Waals surface area contributed by atoms with Crippen LogP contribution in [0.4, 0.5) is 0 Å². The molecule has 0 saturated heterocycles. The number of tetrazole rings is 1. The van der Waals surface area contributed by atoms with E-state index in [4.69, 9.17) is 0 Å². The Kier molecular flexibility index (Phi) is 5.35. The van der Waals surface area contributed by atoms with Gasteiger partial charge >= 0.3 is 0 Å². The standard InChI is InChI=1S/C23H20N4S/c1-19-24-25-26-27(19)17-18-28-23(20-11-5-2-6-12-20,21-13-7-3-8-14-21)22-15-9-4-10-16-22/h2-18H,1H3. The molecule has 0 bridgehead atoms. The first-order chi connectivity index (χ1) is 13.8. The average molecular weight is 385 g/mol. The molecule has 4 rings (SSSR count). The third-order valence-corrected chi connectivity index (χ3v) is 5.96. The molecule has 0 radical (unpaired) electrons. The predicted octanol–water partition coefficient (Wildman–Crippen LogP) is 5.14. The third kappa shape index (κ3) is 3.49. The summed E-state index contributed by atoms with van der Waals surface area (Å²) >= 11 is 1.74. The van der Waals surface area contributed by atoms with Gasteiger partial charge in [0.05, 0.1) is 4.75 Å². The van der Waals surface area contributed by atoms with Crippen LogP contribution in [0.5, 0.6) is 0 Å². The largest absolute Gasteiger partial charge is 0.204 e. The second kappa shape index (κ2) is 8.23. The molecule has 5 heteroatoms. The fourth-order valence-electron chi connectivity index (χ4n) is 3.29. The molecule has 0 unspecified atom stereocenters. The lowest BCUT2D eigenvalue weighted by molar-refractivity contribution is 0.812. The van der Waals surface area contributed by atoms with Gasteiger partial charge in [-0.15, -0.1) is 16.9 Å². The predicted molar refractivity (Wildman–Crippen MR) is 115 cm³/mol. The number of benzene rings is 3. The summed E-state index contributed by atoms with van der Waals surface area (Å²) in [6.45, 7) is 1.88. The van der Waals surface area contributed by atoms with Gasteiger partial charge in [0, 0.05) is 6.20 Å². The van der Waals surface area contributed by atoms with E-state index in [0.29, 0.717) is 0 Å². The first kappa shape index (κ1) is 18.2. The van der Waals surface area contributed by atoms with Crippen LogP contribution in [0.25, 0.3) is 6.20 Å². The molecule has 1 heterocycles. The van der Waals surface area contributed by atoms with E-state index in [1.54, 1.807) is 16.4 Å². The molecule has 0 N–H and O–H groups in total. The number of thioether (sulfide) groups is 1. The first-order valence-electron chi connectivity index (χ1n) is 9.06. The van der Waals surface area contributed by atoms with E-state index in [2.05, 4.69) is 112 Å². The lowest BCUT2D eigenvalue weighted by Crippen LogP contribution is -2.24. The van der Waals surface area contributed by atoms with Crippen LogP contribution in [0, 0.1) is 6.92 Å². The van der Waals surface area contributed by atoms with E-state index >= 15 is 0 Å². The summed E-state index contributed by atoms with van der Waals surface area (Å²) in [6, 6.07) is 31.8. The molecule has 28 heavy (non-hydrogen) atoms. The van der Waals surface area contributed by atoms with Crippen LogP contribution in [0.1, 0.15) is 22.5 Å². The van der Waals surface area contributed by atoms with E-state index in [-0.39, 0.29) is 4.75 Å². The van der Waals surface area contributed by atoms with Crippen LogP contribution >= 0.6 is 11.8 Å². The minimum atomic E-state index is -0.387. The Morgan fingerprint density at radius 2 is 1.21 bits per heavy atom. The topological polar surface area (TPSA) is 43.6 Å². The summed E-state index contributed by atoms with van der Waals surface area (Å²) in [5.74, 6) is 0.751. The molecule has 0 fully saturated rings. The van der Waals surface area contributed by atoms with Crippen LogP contribution < -0.4 is 0 Å². The van der Waals surface area contributed by atoms with E-state index in [9.17, 15) is 0 Å². The monoisotopic (exact) mass is 384 g/mol. The number of aromatic nitrogens is 4. The summed E-state index contributed by atoms with van der Waals surface area (Å²) in [5, 5.41) is 13.7. The second-order valence-electron chi connectivity index (χ2n) is 6.35. The van der Waals surface area contributed by atoms with E-state index in [1.165, 1.54) is 16.7 Å². The van der Waals surface area contributed by atoms with E-state index in [1.807, 2.05) is 13.1 Å². The average Bonchev–Trinajstić information content (AvgIpc) is 3.18. The minimum Gasteiger partial charge on any atom is -0.204 e. The number of aryl methyl sites for hydroxylation is 1. The maximum atomic E-state index is 4.01. The number of hydrogen-bond donors (Lipinski definition) is 0. The van der Waals surface area contributed by atoms with Gasteiger partial charge in [0.25, 0.3) is 0 Å². The van der Waals surface area contributed by atoms with Gasteiger partial charge in [-0.05, 0) is 39.4 Å². The summed E-state index contributed by atoms with van der Waals surface area (Å²) < 4.78 is 1.29. The summed E-state index contributed by atoms with van der Waals surface area (Å²) in [4.78, 5) is 0. The number of hydrogen-bond acceptors (Lipinski definition) is 4. The normalized spacial score (nSPS) is 11.8. The van der Waals surface area contributed by atoms with E-state index in [0.717, 1.165) is 5.82 Å². The quantitative estimate of drug-likeness (QED) is 0.432. The number of rotatable bonds is 6. The molecule has 1 aromatic heterocycles. The van der Waals surface area contributed by atoms with Crippen molar-refractivity contribution in [1.29, 1.82) is 0 Å². The van der Waals surface area contributed by atoms with Crippen molar-refractivity contribution < 1.29 is 0 Å². The molecule has 4 aromatic rings. The highest BCUT2D eigenvalue weighted by atomic mass is 32.2. The third-order valence-electron chi connectivity index (χ3n) is 4.65. The van der Waals surface area contributed by atoms with Crippen molar-refractivity contribution in [2.24, 2.45) is 0 Å². The van der Waals surface area contributed by atoms with Crippen molar-refractivity contribution in [1.82, 2.24) is 20.2 Å². The minimum absolute atomic E-state index is 0.387. The van der Waals surface area contributed by atoms with Crippen LogP contribution in [0.15, 0.2) is 96.4 Å². The Morgan fingerprint density at radius 3 is 1.61 bits per heavy atom. The Morgan fingerprint density at radius 1 is 0.750 bits per heavy atom. The Balaban J connectivity index is 1.88. The second-order valence-corrected chi connectivity index (χ2v) is 7.47. The van der Waals surface area contributed by atoms with Crippen molar-refractivity contribution in [2.75, 3.05) is 0 Å². The zero-order chi connectivity index (χ0) is 19.2. The van der Waals surface area contributed by atoms with Crippen molar-refractivity contribution in [3.8, 4) is 0 Å². The molecule has 0 spiro atoms. The molecule has 0 aliphatic heterocycles. The highest BCUT2D eigenvalue weighted by molar-refractivity contribution is 8.03. The highest BCUT2D eigenvalue weighted by Crippen LogP contribution is 2.48. The molecule has 0 amide bonds. The molecule has 0 saturated carbocycles. The lowest BCUT2D eigenvalue weighted by atomic mass is 9.84. The fourth-order valence-corrected chi connectivity index (χ4v) is 4.49. The summed E-state index contributed by atoms with van der Waals surface area (Å²) in [5.41, 5.74) is 3.65. The first-order valence-corrected chi connectivity index (χ1v) is 9.94. The molecular weight excluding hydrogens is 364 g/mol. The van der Waals surface area contributed by atoms with Crippen molar-refractivity contribution in [3.63, 3.8) is 0 Å². The molecule has 0 atom stereocenters. The molecular formula is C23H20N4S. The lowest BCUT2D eigenvalue weighted by Gasteiger charge is -2.34. The van der Waals surface area contributed by atoms with Crippen molar-refractivity contribution >= 4 is 18.0 Å². The van der Waals surface area contributed by atoms with Gasteiger partial charge in [-0.2, -0.15) is 0 Å². The van der Waals surface area contributed by atoms with Gasteiger partial charge in [-0.25, -0.2) is 4.68 Å². The molecule has 4 nitrogen and oxygen atoms in total. The van der Waals surface area contributed by atoms with Crippen LogP contribution in [-0.4, -0.2) is 20.2 Å². The number of nitrogens with zero attached hydrogens (tertiary/aromatic N) is 4. The van der Waals surface area contributed by atoms with Gasteiger partial charge in [0.2, 0.25) is 0 Å². The van der Waals surface area contributed by atoms with Gasteiger partial charge in [0.1, 0.15) is 0 Å². The van der Waals surface area contributed by atoms with Crippen LogP contribution in [0.2, 0.25) is 0 Å². The van der Waals surface area contributed by atoms with Crippen LogP contribution in [-0.2, 0) is 4.75 Å². The highest BCUT2D eigenvalue weighted by Gasteiger charge is 2.36. The molecule has 0 aliphatic carbocycles. The van der Waals surface area contributed by atoms with Gasteiger partial charge < -0.3 is 0 Å².